The summed E-state index contributed by atoms with van der Waals surface area (Å²) in [6, 6.07) is 9.75. The summed E-state index contributed by atoms with van der Waals surface area (Å²) in [5, 5.41) is 0.719. The molecule has 5 heterocycles. The van der Waals surface area contributed by atoms with Crippen molar-refractivity contribution in [2.24, 2.45) is 7.05 Å². The van der Waals surface area contributed by atoms with Crippen molar-refractivity contribution >= 4 is 32.4 Å². The molecule has 36 heavy (non-hydrogen) atoms. The van der Waals surface area contributed by atoms with Crippen LogP contribution in [0.5, 0.6) is 5.75 Å². The molecular formula is C26H29N5O3S2. The van der Waals surface area contributed by atoms with Gasteiger partial charge in [-0.3, -0.25) is 19.7 Å². The number of aryl methyl sites for hydroxylation is 1. The molecule has 0 N–H and O–H groups in total. The van der Waals surface area contributed by atoms with E-state index in [2.05, 4.69) is 14.9 Å². The van der Waals surface area contributed by atoms with E-state index in [1.165, 1.54) is 0 Å². The van der Waals surface area contributed by atoms with Crippen LogP contribution in [-0.2, 0) is 24.6 Å². The van der Waals surface area contributed by atoms with Crippen LogP contribution in [0.3, 0.4) is 0 Å². The highest BCUT2D eigenvalue weighted by Gasteiger charge is 2.21. The quantitative estimate of drug-likeness (QED) is 0.368. The van der Waals surface area contributed by atoms with Gasteiger partial charge in [0.2, 0.25) is 0 Å². The molecule has 4 aromatic rings. The topological polar surface area (TPSA) is 80.6 Å². The summed E-state index contributed by atoms with van der Waals surface area (Å²) in [4.78, 5) is 25.3. The predicted octanol–water partition coefficient (Wildman–Crippen LogP) is 3.61. The molecule has 5 rings (SSSR count). The summed E-state index contributed by atoms with van der Waals surface area (Å²) in [7, 11) is 0.854. The van der Waals surface area contributed by atoms with E-state index in [1.54, 1.807) is 47.8 Å². The zero-order chi connectivity index (χ0) is 25.2. The van der Waals surface area contributed by atoms with E-state index in [-0.39, 0.29) is 11.7 Å². The lowest BCUT2D eigenvalue weighted by Gasteiger charge is -2.32. The molecule has 0 bridgehead atoms. The fraction of sp³-hybridized carbons (Fsp3) is 0.346. The number of piperazine rings is 1. The molecule has 2 unspecified atom stereocenters. The minimum Gasteiger partial charge on any atom is -0.483 e. The molecule has 2 atom stereocenters. The van der Waals surface area contributed by atoms with E-state index in [0.717, 1.165) is 64.5 Å². The molecule has 0 radical (unpaired) electrons. The van der Waals surface area contributed by atoms with E-state index in [4.69, 9.17) is 4.74 Å². The SMILES string of the molecule is CC(Oc1cncc(-c2cn(C)c(=O)c3cc(CN4CCN(S(C)=O)CC4)sc23)c1)c1ccccn1. The van der Waals surface area contributed by atoms with Crippen molar-refractivity contribution in [1.29, 1.82) is 0 Å². The van der Waals surface area contributed by atoms with Crippen molar-refractivity contribution in [2.75, 3.05) is 32.4 Å². The lowest BCUT2D eigenvalue weighted by molar-refractivity contribution is 0.187. The number of rotatable bonds is 7. The first-order valence-corrected chi connectivity index (χ1v) is 14.2. The normalized spacial score (nSPS) is 16.8. The number of hydrogen-bond donors (Lipinski definition) is 0. The molecule has 8 nitrogen and oxygen atoms in total. The number of hydrogen-bond acceptors (Lipinski definition) is 7. The average molecular weight is 524 g/mol. The Morgan fingerprint density at radius 1 is 1.17 bits per heavy atom. The van der Waals surface area contributed by atoms with Crippen LogP contribution in [0.4, 0.5) is 0 Å². The van der Waals surface area contributed by atoms with Crippen molar-refractivity contribution in [3.63, 3.8) is 0 Å². The molecule has 0 amide bonds. The highest BCUT2D eigenvalue weighted by Crippen LogP contribution is 2.35. The first-order chi connectivity index (χ1) is 17.4. The van der Waals surface area contributed by atoms with Crippen LogP contribution < -0.4 is 10.3 Å². The summed E-state index contributed by atoms with van der Waals surface area (Å²) in [6.45, 7) is 6.03. The second-order valence-electron chi connectivity index (χ2n) is 8.97. The zero-order valence-corrected chi connectivity index (χ0v) is 22.2. The van der Waals surface area contributed by atoms with Crippen molar-refractivity contribution in [2.45, 2.75) is 19.6 Å². The molecule has 1 aliphatic rings. The zero-order valence-electron chi connectivity index (χ0n) is 20.6. The molecule has 1 fully saturated rings. The van der Waals surface area contributed by atoms with Crippen molar-refractivity contribution in [3.8, 4) is 16.9 Å². The maximum absolute atomic E-state index is 13.0. The van der Waals surface area contributed by atoms with Gasteiger partial charge in [-0.2, -0.15) is 0 Å². The van der Waals surface area contributed by atoms with E-state index in [0.29, 0.717) is 5.75 Å². The number of aromatic nitrogens is 3. The third-order valence-corrected chi connectivity index (χ3v) is 8.66. The molecule has 4 aromatic heterocycles. The Hall–Kier alpha value is -2.92. The Morgan fingerprint density at radius 3 is 2.69 bits per heavy atom. The Kier molecular flexibility index (Phi) is 7.29. The van der Waals surface area contributed by atoms with Crippen LogP contribution in [0.25, 0.3) is 21.2 Å². The lowest BCUT2D eigenvalue weighted by atomic mass is 10.1. The maximum Gasteiger partial charge on any atom is 0.259 e. The van der Waals surface area contributed by atoms with Gasteiger partial charge in [-0.05, 0) is 31.2 Å². The summed E-state index contributed by atoms with van der Waals surface area (Å²) >= 11 is 1.65. The standard InChI is InChI=1S/C26H29N5O3S2/c1-18(24-6-4-5-7-28-24)34-20-12-19(14-27-15-20)23-17-29(2)26(32)22-13-21(35-25(22)23)16-30-8-10-31(11-9-30)36(3)33/h4-7,12-15,17-18H,8-11,16H2,1-3H3. The Morgan fingerprint density at radius 2 is 1.97 bits per heavy atom. The van der Waals surface area contributed by atoms with Crippen molar-refractivity contribution in [3.05, 3.63) is 76.0 Å². The molecule has 10 heteroatoms. The van der Waals surface area contributed by atoms with Crippen LogP contribution >= 0.6 is 11.3 Å². The van der Waals surface area contributed by atoms with Gasteiger partial charge in [-0.1, -0.05) is 6.07 Å². The van der Waals surface area contributed by atoms with E-state index in [1.807, 2.05) is 47.8 Å². The van der Waals surface area contributed by atoms with Crippen LogP contribution in [0, 0.1) is 0 Å². The van der Waals surface area contributed by atoms with Gasteiger partial charge in [-0.15, -0.1) is 11.3 Å². The Labute approximate surface area is 216 Å². The fourth-order valence-corrected chi connectivity index (χ4v) is 6.36. The van der Waals surface area contributed by atoms with Gasteiger partial charge < -0.3 is 9.30 Å². The summed E-state index contributed by atoms with van der Waals surface area (Å²) < 4.78 is 22.5. The molecule has 188 valence electrons. The number of thiophene rings is 1. The van der Waals surface area contributed by atoms with Gasteiger partial charge in [0, 0.05) is 85.3 Å². The van der Waals surface area contributed by atoms with Crippen molar-refractivity contribution < 1.29 is 8.95 Å². The minimum absolute atomic E-state index is 0.00779. The van der Waals surface area contributed by atoms with Gasteiger partial charge in [-0.25, -0.2) is 8.51 Å². The van der Waals surface area contributed by atoms with Crippen LogP contribution in [0.2, 0.25) is 0 Å². The molecule has 1 aliphatic heterocycles. The van der Waals surface area contributed by atoms with E-state index < -0.39 is 11.0 Å². The number of nitrogens with zero attached hydrogens (tertiary/aromatic N) is 5. The molecular weight excluding hydrogens is 494 g/mol. The fourth-order valence-electron chi connectivity index (χ4n) is 4.46. The maximum atomic E-state index is 13.0. The monoisotopic (exact) mass is 523 g/mol. The molecule has 1 saturated heterocycles. The van der Waals surface area contributed by atoms with Crippen molar-refractivity contribution in [1.82, 2.24) is 23.7 Å². The van der Waals surface area contributed by atoms with Gasteiger partial charge in [0.25, 0.3) is 5.56 Å². The summed E-state index contributed by atoms with van der Waals surface area (Å²) in [6.07, 6.45) is 8.65. The van der Waals surface area contributed by atoms with E-state index in [9.17, 15) is 9.00 Å². The number of ether oxygens (including phenoxy) is 1. The molecule has 0 spiro atoms. The minimum atomic E-state index is -0.927. The highest BCUT2D eigenvalue weighted by molar-refractivity contribution is 7.81. The second-order valence-corrected chi connectivity index (χ2v) is 11.5. The lowest BCUT2D eigenvalue weighted by Crippen LogP contribution is -2.46. The largest absolute Gasteiger partial charge is 0.483 e. The number of fused-ring (bicyclic) bond motifs is 1. The Balaban J connectivity index is 1.42. The van der Waals surface area contributed by atoms with Crippen LogP contribution in [0.15, 0.2) is 59.9 Å². The van der Waals surface area contributed by atoms with Crippen LogP contribution in [-0.4, -0.2) is 60.4 Å². The third-order valence-electron chi connectivity index (χ3n) is 6.42. The highest BCUT2D eigenvalue weighted by atomic mass is 32.2. The Bertz CT molecular complexity index is 1450. The average Bonchev–Trinajstić information content (AvgIpc) is 3.31. The van der Waals surface area contributed by atoms with Gasteiger partial charge >= 0.3 is 0 Å². The second kappa shape index (κ2) is 10.6. The van der Waals surface area contributed by atoms with Gasteiger partial charge in [0.1, 0.15) is 11.9 Å². The molecule has 0 saturated carbocycles. The smallest absolute Gasteiger partial charge is 0.259 e. The first-order valence-electron chi connectivity index (χ1n) is 11.8. The summed E-state index contributed by atoms with van der Waals surface area (Å²) in [5.74, 6) is 0.649. The van der Waals surface area contributed by atoms with E-state index >= 15 is 0 Å². The molecule has 0 aliphatic carbocycles. The summed E-state index contributed by atoms with van der Waals surface area (Å²) in [5.41, 5.74) is 2.69. The predicted molar refractivity (Wildman–Crippen MR) is 144 cm³/mol. The van der Waals surface area contributed by atoms with Gasteiger partial charge in [0.05, 0.1) is 28.3 Å². The third kappa shape index (κ3) is 5.27. The van der Waals surface area contributed by atoms with Crippen LogP contribution in [0.1, 0.15) is 23.6 Å². The number of pyridine rings is 3. The molecule has 0 aromatic carbocycles. The van der Waals surface area contributed by atoms with Gasteiger partial charge in [0.15, 0.2) is 0 Å². The first kappa shape index (κ1) is 24.8.